The van der Waals surface area contributed by atoms with Crippen molar-refractivity contribution in [3.63, 3.8) is 0 Å². The largest absolute Gasteiger partial charge is 0.0870 e. The van der Waals surface area contributed by atoms with Gasteiger partial charge in [-0.3, -0.25) is 0 Å². The van der Waals surface area contributed by atoms with Crippen LogP contribution in [0, 0.1) is 0 Å². The van der Waals surface area contributed by atoms with Crippen LogP contribution in [-0.2, 0) is 21.7 Å². The van der Waals surface area contributed by atoms with Gasteiger partial charge < -0.3 is 0 Å². The second kappa shape index (κ2) is 10.4. The monoisotopic (exact) mass is 486 g/mol. The second-order valence-corrected chi connectivity index (χ2v) is 14.8. The van der Waals surface area contributed by atoms with Gasteiger partial charge in [-0.05, 0) is 80.0 Å². The van der Waals surface area contributed by atoms with Crippen molar-refractivity contribution < 1.29 is 0 Å². The number of allylic oxidation sites excluding steroid dienone is 2. The molecule has 0 radical (unpaired) electrons. The predicted molar refractivity (Wildman–Crippen MR) is 165 cm³/mol. The first-order chi connectivity index (χ1) is 16.2. The number of benzene rings is 2. The average molecular weight is 487 g/mol. The van der Waals surface area contributed by atoms with E-state index in [1.807, 2.05) is 0 Å². The molecule has 0 N–H and O–H groups in total. The van der Waals surface area contributed by atoms with Crippen LogP contribution in [0.25, 0.3) is 12.2 Å². The molecule has 0 spiro atoms. The van der Waals surface area contributed by atoms with E-state index in [4.69, 9.17) is 0 Å². The summed E-state index contributed by atoms with van der Waals surface area (Å²) < 4.78 is 0. The summed E-state index contributed by atoms with van der Waals surface area (Å²) in [5, 5.41) is 0. The lowest BCUT2D eigenvalue weighted by Gasteiger charge is -2.33. The maximum Gasteiger partial charge on any atom is 0.00732 e. The van der Waals surface area contributed by atoms with E-state index in [0.29, 0.717) is 0 Å². The molecule has 0 nitrogen and oxygen atoms in total. The van der Waals surface area contributed by atoms with Crippen molar-refractivity contribution >= 4 is 12.2 Å². The van der Waals surface area contributed by atoms with Crippen LogP contribution in [-0.4, -0.2) is 0 Å². The molecule has 0 saturated carbocycles. The van der Waals surface area contributed by atoms with Crippen molar-refractivity contribution in [3.05, 3.63) is 80.9 Å². The molecule has 0 aliphatic carbocycles. The lowest BCUT2D eigenvalue weighted by Crippen LogP contribution is -2.22. The Morgan fingerprint density at radius 2 is 0.806 bits per heavy atom. The van der Waals surface area contributed by atoms with Gasteiger partial charge in [-0.1, -0.05) is 139 Å². The van der Waals surface area contributed by atoms with Crippen molar-refractivity contribution in [3.8, 4) is 0 Å². The zero-order valence-electron chi connectivity index (χ0n) is 26.2. The number of rotatable bonds is 4. The van der Waals surface area contributed by atoms with Crippen molar-refractivity contribution in [2.75, 3.05) is 0 Å². The third-order valence-corrected chi connectivity index (χ3v) is 7.37. The molecule has 2 aromatic carbocycles. The number of hydrogen-bond acceptors (Lipinski definition) is 0. The molecule has 0 amide bonds. The van der Waals surface area contributed by atoms with Gasteiger partial charge in [0.05, 0.1) is 0 Å². The van der Waals surface area contributed by atoms with Crippen LogP contribution < -0.4 is 0 Å². The van der Waals surface area contributed by atoms with Crippen LogP contribution >= 0.6 is 0 Å². The zero-order valence-corrected chi connectivity index (χ0v) is 26.2. The average Bonchev–Trinajstić information content (AvgIpc) is 2.70. The Kier molecular flexibility index (Phi) is 8.67. The molecule has 0 aromatic heterocycles. The summed E-state index contributed by atoms with van der Waals surface area (Å²) >= 11 is 0. The molecular weight excluding hydrogens is 432 g/mol. The van der Waals surface area contributed by atoms with Gasteiger partial charge >= 0.3 is 0 Å². The SMILES string of the molecule is C/C=C/c1c(C(C)c2cc(C(C)(C)C)cc(C(C)(C)C)c2/C=C/C)cc(C(C)(C)C)cc1C(C)(C)C. The van der Waals surface area contributed by atoms with Crippen LogP contribution in [0.3, 0.4) is 0 Å². The van der Waals surface area contributed by atoms with Gasteiger partial charge in [-0.15, -0.1) is 0 Å². The molecule has 2 rings (SSSR count). The first-order valence-electron chi connectivity index (χ1n) is 13.9. The van der Waals surface area contributed by atoms with Gasteiger partial charge in [0.15, 0.2) is 0 Å². The Hall–Kier alpha value is -2.08. The highest BCUT2D eigenvalue weighted by Crippen LogP contribution is 2.43. The van der Waals surface area contributed by atoms with Crippen LogP contribution in [0.5, 0.6) is 0 Å². The fourth-order valence-corrected chi connectivity index (χ4v) is 5.05. The molecule has 0 heteroatoms. The summed E-state index contributed by atoms with van der Waals surface area (Å²) in [7, 11) is 0. The van der Waals surface area contributed by atoms with Crippen LogP contribution in [0.4, 0.5) is 0 Å². The molecule has 2 aromatic rings. The molecule has 0 aliphatic heterocycles. The minimum Gasteiger partial charge on any atom is -0.0870 e. The molecule has 0 atom stereocenters. The van der Waals surface area contributed by atoms with E-state index in [0.717, 1.165) is 0 Å². The van der Waals surface area contributed by atoms with Crippen LogP contribution in [0.15, 0.2) is 36.4 Å². The lowest BCUT2D eigenvalue weighted by atomic mass is 9.71. The minimum atomic E-state index is 0.0561. The van der Waals surface area contributed by atoms with Crippen molar-refractivity contribution in [1.82, 2.24) is 0 Å². The third-order valence-electron chi connectivity index (χ3n) is 7.37. The quantitative estimate of drug-likeness (QED) is 0.403. The van der Waals surface area contributed by atoms with E-state index in [1.165, 1.54) is 44.5 Å². The van der Waals surface area contributed by atoms with Crippen molar-refractivity contribution in [1.29, 1.82) is 0 Å². The van der Waals surface area contributed by atoms with Crippen LogP contribution in [0.1, 0.15) is 154 Å². The molecule has 0 aliphatic rings. The predicted octanol–water partition coefficient (Wildman–Crippen LogP) is 11.1. The first-order valence-corrected chi connectivity index (χ1v) is 13.9. The second-order valence-electron chi connectivity index (χ2n) is 14.8. The van der Waals surface area contributed by atoms with Gasteiger partial charge in [0, 0.05) is 5.92 Å². The van der Waals surface area contributed by atoms with E-state index < -0.39 is 0 Å². The van der Waals surface area contributed by atoms with E-state index in [-0.39, 0.29) is 27.6 Å². The van der Waals surface area contributed by atoms with Crippen molar-refractivity contribution in [2.45, 2.75) is 131 Å². The van der Waals surface area contributed by atoms with E-state index in [9.17, 15) is 0 Å². The topological polar surface area (TPSA) is 0 Å². The van der Waals surface area contributed by atoms with Gasteiger partial charge in [-0.25, -0.2) is 0 Å². The molecule has 0 fully saturated rings. The molecule has 0 unspecified atom stereocenters. The highest BCUT2D eigenvalue weighted by molar-refractivity contribution is 5.67. The third kappa shape index (κ3) is 6.62. The Bertz CT molecular complexity index is 1030. The molecule has 198 valence electrons. The van der Waals surface area contributed by atoms with Gasteiger partial charge in [0.25, 0.3) is 0 Å². The first kappa shape index (κ1) is 30.1. The molecule has 0 heterocycles. The zero-order chi connectivity index (χ0) is 27.9. The summed E-state index contributed by atoms with van der Waals surface area (Å²) in [5.41, 5.74) is 11.6. The molecule has 0 bridgehead atoms. The van der Waals surface area contributed by atoms with E-state index in [1.54, 1.807) is 0 Å². The Labute approximate surface area is 224 Å². The Morgan fingerprint density at radius 3 is 1.03 bits per heavy atom. The van der Waals surface area contributed by atoms with Crippen LogP contribution in [0.2, 0.25) is 0 Å². The summed E-state index contributed by atoms with van der Waals surface area (Å²) in [6, 6.07) is 9.92. The normalized spacial score (nSPS) is 14.0. The molecular formula is C36H54. The smallest absolute Gasteiger partial charge is 0.00732 e. The van der Waals surface area contributed by atoms with Gasteiger partial charge in [0.2, 0.25) is 0 Å². The van der Waals surface area contributed by atoms with E-state index in [2.05, 4.69) is 152 Å². The highest BCUT2D eigenvalue weighted by Gasteiger charge is 2.29. The maximum absolute atomic E-state index is 2.50. The minimum absolute atomic E-state index is 0.0561. The Morgan fingerprint density at radius 1 is 0.500 bits per heavy atom. The fourth-order valence-electron chi connectivity index (χ4n) is 5.05. The lowest BCUT2D eigenvalue weighted by molar-refractivity contribution is 0.563. The number of hydrogen-bond donors (Lipinski definition) is 0. The summed E-state index contributed by atoms with van der Waals surface area (Å²) in [4.78, 5) is 0. The van der Waals surface area contributed by atoms with Crippen molar-refractivity contribution in [2.24, 2.45) is 0 Å². The summed E-state index contributed by atoms with van der Waals surface area (Å²) in [6.45, 7) is 34.8. The highest BCUT2D eigenvalue weighted by atomic mass is 14.3. The summed E-state index contributed by atoms with van der Waals surface area (Å²) in [6.07, 6.45) is 9.09. The van der Waals surface area contributed by atoms with Gasteiger partial charge in [0.1, 0.15) is 0 Å². The molecule has 36 heavy (non-hydrogen) atoms. The standard InChI is InChI=1S/C36H54/c1-16-18-27-29(20-25(33(4,5)6)22-31(27)35(10,11)12)24(3)30-21-26(34(7,8)9)23-32(36(13,14)15)28(30)19-17-2/h16-24H,1-15H3/b18-16+,19-17+. The fraction of sp³-hybridized carbons (Fsp3) is 0.556. The summed E-state index contributed by atoms with van der Waals surface area (Å²) in [5.74, 6) is 0.259. The maximum atomic E-state index is 2.50. The van der Waals surface area contributed by atoms with E-state index >= 15 is 0 Å². The molecule has 0 saturated heterocycles. The Balaban J connectivity index is 3.10. The van der Waals surface area contributed by atoms with Gasteiger partial charge in [-0.2, -0.15) is 0 Å².